The van der Waals surface area contributed by atoms with Crippen molar-refractivity contribution in [2.45, 2.75) is 10.9 Å². The van der Waals surface area contributed by atoms with Crippen molar-refractivity contribution in [3.8, 4) is 5.75 Å². The van der Waals surface area contributed by atoms with E-state index in [9.17, 15) is 9.59 Å². The highest BCUT2D eigenvalue weighted by Crippen LogP contribution is 2.44. The van der Waals surface area contributed by atoms with Crippen molar-refractivity contribution < 1.29 is 19.1 Å². The van der Waals surface area contributed by atoms with Crippen LogP contribution in [0.2, 0.25) is 0 Å². The van der Waals surface area contributed by atoms with E-state index in [1.54, 1.807) is 49.6 Å². The molecule has 4 nitrogen and oxygen atoms in total. The number of hydrogen-bond acceptors (Lipinski definition) is 4. The van der Waals surface area contributed by atoms with Crippen molar-refractivity contribution in [1.29, 1.82) is 0 Å². The van der Waals surface area contributed by atoms with Crippen LogP contribution >= 0.6 is 15.9 Å². The number of hydrogen-bond donors (Lipinski definition) is 0. The molecule has 0 aromatic heterocycles. The maximum absolute atomic E-state index is 12.5. The van der Waals surface area contributed by atoms with Gasteiger partial charge < -0.3 is 9.47 Å². The first-order valence-corrected chi connectivity index (χ1v) is 7.52. The molecule has 0 saturated heterocycles. The number of carbonyl (C=O) groups excluding carboxylic acids is 2. The monoisotopic (exact) mass is 360 g/mol. The molecule has 2 aromatic rings. The number of alkyl halides is 1. The number of carbonyl (C=O) groups is 2. The molecule has 0 saturated carbocycles. The number of benzene rings is 2. The van der Waals surface area contributed by atoms with E-state index in [1.165, 1.54) is 0 Å². The van der Waals surface area contributed by atoms with E-state index in [-0.39, 0.29) is 12.2 Å². The zero-order valence-electron chi connectivity index (χ0n) is 11.8. The third-order valence-electron chi connectivity index (χ3n) is 3.58. The Morgan fingerprint density at radius 3 is 2.77 bits per heavy atom. The Morgan fingerprint density at radius 2 is 2.00 bits per heavy atom. The molecule has 3 rings (SSSR count). The Balaban J connectivity index is 1.89. The smallest absolute Gasteiger partial charge is 0.340 e. The predicted octanol–water partition coefficient (Wildman–Crippen LogP) is 3.69. The highest BCUT2D eigenvalue weighted by atomic mass is 79.9. The Labute approximate surface area is 136 Å². The van der Waals surface area contributed by atoms with Gasteiger partial charge in [-0.25, -0.2) is 4.79 Å². The summed E-state index contributed by atoms with van der Waals surface area (Å²) in [5, 5.41) is 0. The molecule has 0 fully saturated rings. The van der Waals surface area contributed by atoms with Gasteiger partial charge in [0.2, 0.25) is 0 Å². The molecule has 0 aliphatic carbocycles. The van der Waals surface area contributed by atoms with E-state index in [1.807, 2.05) is 6.07 Å². The van der Waals surface area contributed by atoms with Crippen LogP contribution in [0, 0.1) is 0 Å². The minimum Gasteiger partial charge on any atom is -0.497 e. The molecular formula is C17H13BrO4. The summed E-state index contributed by atoms with van der Waals surface area (Å²) < 4.78 is 9.41. The van der Waals surface area contributed by atoms with Gasteiger partial charge in [0.1, 0.15) is 5.75 Å². The maximum Gasteiger partial charge on any atom is 0.340 e. The van der Waals surface area contributed by atoms with Gasteiger partial charge >= 0.3 is 5.97 Å². The van der Waals surface area contributed by atoms with E-state index in [2.05, 4.69) is 15.9 Å². The fraction of sp³-hybridized carbons (Fsp3) is 0.176. The molecule has 1 unspecified atom stereocenters. The van der Waals surface area contributed by atoms with Gasteiger partial charge in [-0.1, -0.05) is 30.3 Å². The summed E-state index contributed by atoms with van der Waals surface area (Å²) in [5.74, 6) is 0.0458. The molecule has 0 radical (unpaired) electrons. The van der Waals surface area contributed by atoms with Gasteiger partial charge in [0.25, 0.3) is 0 Å². The molecule has 0 amide bonds. The zero-order valence-corrected chi connectivity index (χ0v) is 13.4. The van der Waals surface area contributed by atoms with Crippen molar-refractivity contribution in [3.63, 3.8) is 0 Å². The maximum atomic E-state index is 12.5. The number of Topliss-reactive ketones (excluding diaryl/α,β-unsaturated/α-hetero) is 1. The van der Waals surface area contributed by atoms with E-state index < -0.39 is 10.5 Å². The lowest BCUT2D eigenvalue weighted by molar-refractivity contribution is 0.0290. The first-order chi connectivity index (χ1) is 10.5. The minimum atomic E-state index is -1.11. The number of methoxy groups -OCH3 is 1. The van der Waals surface area contributed by atoms with Gasteiger partial charge in [-0.3, -0.25) is 4.79 Å². The standard InChI is InChI=1S/C17H13BrO4/c1-21-12-6-4-5-11(9-12)15(19)10-17(18)14-8-3-2-7-13(14)16(20)22-17/h2-9H,10H2,1H3. The highest BCUT2D eigenvalue weighted by Gasteiger charge is 2.44. The summed E-state index contributed by atoms with van der Waals surface area (Å²) in [6.45, 7) is 0. The molecular weight excluding hydrogens is 348 g/mol. The molecule has 5 heteroatoms. The molecule has 0 bridgehead atoms. The first-order valence-electron chi connectivity index (χ1n) is 6.72. The summed E-state index contributed by atoms with van der Waals surface area (Å²) in [4.78, 5) is 24.4. The van der Waals surface area contributed by atoms with Crippen LogP contribution in [0.15, 0.2) is 48.5 Å². The summed E-state index contributed by atoms with van der Waals surface area (Å²) in [5.41, 5.74) is 1.67. The molecule has 1 heterocycles. The summed E-state index contributed by atoms with van der Waals surface area (Å²) in [7, 11) is 1.55. The van der Waals surface area contributed by atoms with Crippen LogP contribution in [-0.2, 0) is 9.25 Å². The molecule has 0 N–H and O–H groups in total. The molecule has 2 aromatic carbocycles. The fourth-order valence-corrected chi connectivity index (χ4v) is 3.23. The molecule has 1 atom stereocenters. The Kier molecular flexibility index (Phi) is 3.74. The predicted molar refractivity (Wildman–Crippen MR) is 84.4 cm³/mol. The van der Waals surface area contributed by atoms with E-state index in [4.69, 9.17) is 9.47 Å². The van der Waals surface area contributed by atoms with Crippen LogP contribution in [0.1, 0.15) is 32.7 Å². The average molecular weight is 361 g/mol. The van der Waals surface area contributed by atoms with Crippen molar-refractivity contribution in [3.05, 3.63) is 65.2 Å². The quantitative estimate of drug-likeness (QED) is 0.474. The number of ketones is 1. The van der Waals surface area contributed by atoms with Gasteiger partial charge in [0, 0.05) is 11.1 Å². The average Bonchev–Trinajstić information content (AvgIpc) is 2.79. The summed E-state index contributed by atoms with van der Waals surface area (Å²) in [6.07, 6.45) is 0.0168. The van der Waals surface area contributed by atoms with Crippen LogP contribution in [0.4, 0.5) is 0 Å². The van der Waals surface area contributed by atoms with E-state index in [0.717, 1.165) is 0 Å². The van der Waals surface area contributed by atoms with E-state index >= 15 is 0 Å². The number of halogens is 1. The van der Waals surface area contributed by atoms with E-state index in [0.29, 0.717) is 22.4 Å². The van der Waals surface area contributed by atoms with Crippen LogP contribution in [0.3, 0.4) is 0 Å². The number of fused-ring (bicyclic) bond motifs is 1. The van der Waals surface area contributed by atoms with Crippen LogP contribution in [0.5, 0.6) is 5.75 Å². The molecule has 1 aliphatic heterocycles. The second-order valence-corrected chi connectivity index (χ2v) is 6.28. The molecule has 0 spiro atoms. The van der Waals surface area contributed by atoms with Crippen molar-refractivity contribution >= 4 is 27.7 Å². The largest absolute Gasteiger partial charge is 0.497 e. The van der Waals surface area contributed by atoms with Crippen molar-refractivity contribution in [2.75, 3.05) is 7.11 Å². The first kappa shape index (κ1) is 14.8. The molecule has 1 aliphatic rings. The Hall–Kier alpha value is -2.14. The molecule has 22 heavy (non-hydrogen) atoms. The lowest BCUT2D eigenvalue weighted by atomic mass is 9.98. The third kappa shape index (κ3) is 2.52. The van der Waals surface area contributed by atoms with Gasteiger partial charge in [-0.2, -0.15) is 0 Å². The lowest BCUT2D eigenvalue weighted by Crippen LogP contribution is -2.22. The van der Waals surface area contributed by atoms with Crippen molar-refractivity contribution in [2.24, 2.45) is 0 Å². The highest BCUT2D eigenvalue weighted by molar-refractivity contribution is 9.09. The van der Waals surface area contributed by atoms with Gasteiger partial charge in [0.15, 0.2) is 10.3 Å². The fourth-order valence-electron chi connectivity index (χ4n) is 2.48. The number of cyclic esters (lactones) is 1. The second kappa shape index (κ2) is 5.57. The number of rotatable bonds is 4. The summed E-state index contributed by atoms with van der Waals surface area (Å²) >= 11 is 3.42. The molecule has 112 valence electrons. The Bertz CT molecular complexity index is 756. The lowest BCUT2D eigenvalue weighted by Gasteiger charge is -2.21. The van der Waals surface area contributed by atoms with Crippen LogP contribution in [0.25, 0.3) is 0 Å². The summed E-state index contributed by atoms with van der Waals surface area (Å²) in [6, 6.07) is 14.0. The minimum absolute atomic E-state index is 0.0168. The van der Waals surface area contributed by atoms with Gasteiger partial charge in [-0.15, -0.1) is 0 Å². The second-order valence-electron chi connectivity index (χ2n) is 5.00. The van der Waals surface area contributed by atoms with Crippen LogP contribution in [-0.4, -0.2) is 18.9 Å². The number of ether oxygens (including phenoxy) is 2. The normalized spacial score (nSPS) is 19.5. The van der Waals surface area contributed by atoms with Gasteiger partial charge in [0.05, 0.1) is 19.1 Å². The van der Waals surface area contributed by atoms with Crippen LogP contribution < -0.4 is 4.74 Å². The SMILES string of the molecule is COc1cccc(C(=O)CC2(Br)OC(=O)c3ccccc32)c1. The van der Waals surface area contributed by atoms with Crippen molar-refractivity contribution in [1.82, 2.24) is 0 Å². The number of esters is 1. The Morgan fingerprint density at radius 1 is 1.23 bits per heavy atom. The topological polar surface area (TPSA) is 52.6 Å². The third-order valence-corrected chi connectivity index (χ3v) is 4.45. The van der Waals surface area contributed by atoms with Gasteiger partial charge in [-0.05, 0) is 34.1 Å². The zero-order chi connectivity index (χ0) is 15.7.